The molecule has 0 aromatic carbocycles. The van der Waals surface area contributed by atoms with Crippen molar-refractivity contribution >= 4 is 11.6 Å². The van der Waals surface area contributed by atoms with Gasteiger partial charge in [-0.3, -0.25) is 0 Å². The zero-order valence-electron chi connectivity index (χ0n) is 15.4. The Morgan fingerprint density at radius 2 is 1.84 bits per heavy atom. The molecule has 0 spiro atoms. The standard InChI is InChI=1S/C16H25F3N6/c1-10-9-12(21-11(15(2,3)4)7-8-24(5)6)25-14(20-10)22-13(23-25)16(17,18)19/h9,11,21H,7-8H2,1-6H3. The zero-order valence-corrected chi connectivity index (χ0v) is 15.4. The summed E-state index contributed by atoms with van der Waals surface area (Å²) in [4.78, 5) is 9.65. The fourth-order valence-electron chi connectivity index (χ4n) is 2.50. The molecule has 9 heteroatoms. The van der Waals surface area contributed by atoms with E-state index in [1.807, 2.05) is 14.1 Å². The van der Waals surface area contributed by atoms with E-state index < -0.39 is 12.0 Å². The molecule has 0 radical (unpaired) electrons. The maximum atomic E-state index is 12.9. The van der Waals surface area contributed by atoms with Crippen LogP contribution in [0.2, 0.25) is 0 Å². The molecule has 0 aliphatic heterocycles. The lowest BCUT2D eigenvalue weighted by atomic mass is 9.84. The van der Waals surface area contributed by atoms with E-state index in [0.717, 1.165) is 17.5 Å². The lowest BCUT2D eigenvalue weighted by molar-refractivity contribution is -0.144. The van der Waals surface area contributed by atoms with Crippen molar-refractivity contribution in [2.24, 2.45) is 5.41 Å². The SMILES string of the molecule is Cc1cc(NC(CCN(C)C)C(C)(C)C)n2nc(C(F)(F)F)nc2n1. The van der Waals surface area contributed by atoms with E-state index in [9.17, 15) is 13.2 Å². The van der Waals surface area contributed by atoms with Crippen LogP contribution < -0.4 is 5.32 Å². The smallest absolute Gasteiger partial charge is 0.367 e. The number of hydrogen-bond donors (Lipinski definition) is 1. The number of hydrogen-bond acceptors (Lipinski definition) is 5. The predicted octanol–water partition coefficient (Wildman–Crippen LogP) is 3.23. The Kier molecular flexibility index (Phi) is 5.27. The molecule has 2 aromatic heterocycles. The molecule has 0 saturated heterocycles. The van der Waals surface area contributed by atoms with Crippen molar-refractivity contribution in [1.29, 1.82) is 0 Å². The Morgan fingerprint density at radius 1 is 1.20 bits per heavy atom. The van der Waals surface area contributed by atoms with Crippen LogP contribution in [0.4, 0.5) is 19.0 Å². The zero-order chi connectivity index (χ0) is 19.0. The first-order valence-electron chi connectivity index (χ1n) is 8.11. The van der Waals surface area contributed by atoms with E-state index in [2.05, 4.69) is 46.1 Å². The second kappa shape index (κ2) is 6.78. The molecule has 2 aromatic rings. The monoisotopic (exact) mass is 358 g/mol. The first-order chi connectivity index (χ1) is 11.4. The lowest BCUT2D eigenvalue weighted by Gasteiger charge is -2.33. The maximum Gasteiger partial charge on any atom is 0.453 e. The van der Waals surface area contributed by atoms with Crippen LogP contribution >= 0.6 is 0 Å². The third-order valence-electron chi connectivity index (χ3n) is 3.93. The topological polar surface area (TPSA) is 58.4 Å². The van der Waals surface area contributed by atoms with Crippen LogP contribution in [0.25, 0.3) is 5.78 Å². The van der Waals surface area contributed by atoms with Gasteiger partial charge in [0, 0.05) is 17.8 Å². The summed E-state index contributed by atoms with van der Waals surface area (Å²) in [7, 11) is 3.98. The van der Waals surface area contributed by atoms with Gasteiger partial charge in [0.25, 0.3) is 11.6 Å². The lowest BCUT2D eigenvalue weighted by Crippen LogP contribution is -2.37. The molecule has 1 unspecified atom stereocenters. The van der Waals surface area contributed by atoms with Crippen LogP contribution in [0.3, 0.4) is 0 Å². The fourth-order valence-corrected chi connectivity index (χ4v) is 2.50. The quantitative estimate of drug-likeness (QED) is 0.889. The van der Waals surface area contributed by atoms with Gasteiger partial charge >= 0.3 is 6.18 Å². The summed E-state index contributed by atoms with van der Waals surface area (Å²) in [5.74, 6) is -0.784. The van der Waals surface area contributed by atoms with Gasteiger partial charge in [-0.25, -0.2) is 4.98 Å². The summed E-state index contributed by atoms with van der Waals surface area (Å²) in [5.41, 5.74) is 0.490. The van der Waals surface area contributed by atoms with Gasteiger partial charge in [0.15, 0.2) is 0 Å². The number of fused-ring (bicyclic) bond motifs is 1. The minimum absolute atomic E-state index is 0.0402. The van der Waals surface area contributed by atoms with Gasteiger partial charge in [0.1, 0.15) is 5.82 Å². The molecular formula is C16H25F3N6. The van der Waals surface area contributed by atoms with Gasteiger partial charge in [-0.15, -0.1) is 5.10 Å². The van der Waals surface area contributed by atoms with E-state index in [4.69, 9.17) is 0 Å². The summed E-state index contributed by atoms with van der Waals surface area (Å²) in [6.07, 6.45) is -3.77. The molecule has 2 heterocycles. The van der Waals surface area contributed by atoms with Gasteiger partial charge in [-0.2, -0.15) is 22.7 Å². The highest BCUT2D eigenvalue weighted by Gasteiger charge is 2.37. The highest BCUT2D eigenvalue weighted by atomic mass is 19.4. The maximum absolute atomic E-state index is 12.9. The number of anilines is 1. The summed E-state index contributed by atoms with van der Waals surface area (Å²) in [5, 5.41) is 6.95. The number of aryl methyl sites for hydroxylation is 1. The predicted molar refractivity (Wildman–Crippen MR) is 90.6 cm³/mol. The Bertz CT molecular complexity index is 730. The Labute approximate surface area is 145 Å². The molecule has 6 nitrogen and oxygen atoms in total. The van der Waals surface area contributed by atoms with Crippen LogP contribution in [-0.2, 0) is 6.18 Å². The normalized spacial score (nSPS) is 14.3. The van der Waals surface area contributed by atoms with E-state index >= 15 is 0 Å². The van der Waals surface area contributed by atoms with Crippen molar-refractivity contribution in [3.8, 4) is 0 Å². The Morgan fingerprint density at radius 3 is 2.36 bits per heavy atom. The third kappa shape index (κ3) is 4.81. The van der Waals surface area contributed by atoms with Crippen LogP contribution in [-0.4, -0.2) is 51.2 Å². The number of halogens is 3. The van der Waals surface area contributed by atoms with E-state index in [-0.39, 0.29) is 17.2 Å². The molecule has 25 heavy (non-hydrogen) atoms. The van der Waals surface area contributed by atoms with Crippen molar-refractivity contribution in [2.45, 2.75) is 46.3 Å². The van der Waals surface area contributed by atoms with Gasteiger partial charge < -0.3 is 10.2 Å². The minimum Gasteiger partial charge on any atom is -0.367 e. The number of aromatic nitrogens is 4. The first kappa shape index (κ1) is 19.4. The van der Waals surface area contributed by atoms with Gasteiger partial charge in [0.2, 0.25) is 0 Å². The minimum atomic E-state index is -4.60. The van der Waals surface area contributed by atoms with Crippen molar-refractivity contribution in [3.05, 3.63) is 17.6 Å². The van der Waals surface area contributed by atoms with Gasteiger partial charge in [0.05, 0.1) is 0 Å². The first-order valence-corrected chi connectivity index (χ1v) is 8.11. The van der Waals surface area contributed by atoms with E-state index in [1.54, 1.807) is 13.0 Å². The molecule has 0 aliphatic carbocycles. The van der Waals surface area contributed by atoms with Crippen molar-refractivity contribution in [1.82, 2.24) is 24.5 Å². The largest absolute Gasteiger partial charge is 0.453 e. The Hall–Kier alpha value is -1.90. The van der Waals surface area contributed by atoms with Gasteiger partial charge in [-0.1, -0.05) is 20.8 Å². The summed E-state index contributed by atoms with van der Waals surface area (Å²) in [6, 6.07) is 1.73. The average Bonchev–Trinajstić information content (AvgIpc) is 2.85. The van der Waals surface area contributed by atoms with Crippen molar-refractivity contribution in [2.75, 3.05) is 26.0 Å². The van der Waals surface area contributed by atoms with E-state index in [1.165, 1.54) is 0 Å². The second-order valence-corrected chi connectivity index (χ2v) is 7.58. The molecule has 140 valence electrons. The molecule has 0 amide bonds. The second-order valence-electron chi connectivity index (χ2n) is 7.58. The molecular weight excluding hydrogens is 333 g/mol. The van der Waals surface area contributed by atoms with Crippen LogP contribution in [0.15, 0.2) is 6.07 Å². The van der Waals surface area contributed by atoms with Crippen LogP contribution in [0.1, 0.15) is 38.7 Å². The number of nitrogens with zero attached hydrogens (tertiary/aromatic N) is 5. The summed E-state index contributed by atoms with van der Waals surface area (Å²) in [6.45, 7) is 8.85. The third-order valence-corrected chi connectivity index (χ3v) is 3.93. The molecule has 0 bridgehead atoms. The van der Waals surface area contributed by atoms with E-state index in [0.29, 0.717) is 11.5 Å². The molecule has 0 saturated carbocycles. The van der Waals surface area contributed by atoms with Gasteiger partial charge in [-0.05, 0) is 39.4 Å². The molecule has 0 aliphatic rings. The fraction of sp³-hybridized carbons (Fsp3) is 0.688. The average molecular weight is 358 g/mol. The van der Waals surface area contributed by atoms with Crippen LogP contribution in [0, 0.1) is 12.3 Å². The highest BCUT2D eigenvalue weighted by molar-refractivity contribution is 5.46. The number of rotatable bonds is 5. The Balaban J connectivity index is 2.42. The molecule has 1 N–H and O–H groups in total. The number of nitrogens with one attached hydrogen (secondary N) is 1. The molecule has 0 fully saturated rings. The summed E-state index contributed by atoms with van der Waals surface area (Å²) < 4.78 is 39.9. The van der Waals surface area contributed by atoms with Crippen LogP contribution in [0.5, 0.6) is 0 Å². The van der Waals surface area contributed by atoms with Crippen molar-refractivity contribution in [3.63, 3.8) is 0 Å². The molecule has 1 atom stereocenters. The highest BCUT2D eigenvalue weighted by Crippen LogP contribution is 2.29. The van der Waals surface area contributed by atoms with Crippen molar-refractivity contribution < 1.29 is 13.2 Å². The summed E-state index contributed by atoms with van der Waals surface area (Å²) >= 11 is 0. The molecule has 2 rings (SSSR count). The number of alkyl halides is 3.